The van der Waals surface area contributed by atoms with Crippen LogP contribution >= 0.6 is 0 Å². The second-order valence-electron chi connectivity index (χ2n) is 3.89. The highest BCUT2D eigenvalue weighted by Crippen LogP contribution is 2.13. The monoisotopic (exact) mass is 247 g/mol. The Morgan fingerprint density at radius 1 is 1.33 bits per heavy atom. The van der Waals surface area contributed by atoms with E-state index in [9.17, 15) is 9.59 Å². The molecule has 0 unspecified atom stereocenters. The van der Waals surface area contributed by atoms with E-state index in [0.29, 0.717) is 12.2 Å². The minimum atomic E-state index is -0.628. The molecule has 1 heterocycles. The first-order chi connectivity index (χ1) is 8.58. The Labute approximate surface area is 102 Å². The first kappa shape index (κ1) is 11.9. The quantitative estimate of drug-likeness (QED) is 0.644. The first-order valence-corrected chi connectivity index (χ1v) is 5.31. The fraction of sp³-hybridized carbons (Fsp3) is 0.182. The molecule has 0 saturated carbocycles. The lowest BCUT2D eigenvalue weighted by molar-refractivity contribution is 0.814. The van der Waals surface area contributed by atoms with E-state index in [4.69, 9.17) is 5.73 Å². The number of aromatic amines is 2. The summed E-state index contributed by atoms with van der Waals surface area (Å²) in [7, 11) is 1.70. The van der Waals surface area contributed by atoms with Gasteiger partial charge in [0, 0.05) is 19.3 Å². The predicted molar refractivity (Wildman–Crippen MR) is 68.4 cm³/mol. The van der Waals surface area contributed by atoms with Crippen LogP contribution in [0, 0.1) is 0 Å². The summed E-state index contributed by atoms with van der Waals surface area (Å²) in [6, 6.07) is 7.35. The van der Waals surface area contributed by atoms with Crippen LogP contribution in [0.15, 0.2) is 33.9 Å². The molecular weight excluding hydrogens is 234 g/mol. The van der Waals surface area contributed by atoms with Gasteiger partial charge in [-0.1, -0.05) is 18.2 Å². The number of anilines is 2. The molecule has 94 valence electrons. The van der Waals surface area contributed by atoms with E-state index in [1.165, 1.54) is 0 Å². The van der Waals surface area contributed by atoms with Crippen molar-refractivity contribution in [3.63, 3.8) is 0 Å². The number of hydrogen-bond acceptors (Lipinski definition) is 5. The smallest absolute Gasteiger partial charge is 0.342 e. The van der Waals surface area contributed by atoms with Crippen molar-refractivity contribution < 1.29 is 0 Å². The molecule has 7 heteroatoms. The lowest BCUT2D eigenvalue weighted by atomic mass is 10.2. The minimum absolute atomic E-state index is 0.137. The zero-order valence-corrected chi connectivity index (χ0v) is 9.80. The highest BCUT2D eigenvalue weighted by molar-refractivity contribution is 5.48. The number of hydrogen-bond donors (Lipinski definition) is 3. The van der Waals surface area contributed by atoms with Crippen LogP contribution in [-0.2, 0) is 6.54 Å². The number of nitrogen functional groups attached to an aromatic ring is 1. The van der Waals surface area contributed by atoms with Gasteiger partial charge in [-0.25, -0.2) is 9.89 Å². The maximum atomic E-state index is 11.5. The Bertz CT molecular complexity index is 661. The molecule has 2 rings (SSSR count). The summed E-state index contributed by atoms with van der Waals surface area (Å²) in [6.45, 7) is 0.425. The average Bonchev–Trinajstić information content (AvgIpc) is 2.32. The molecule has 7 nitrogen and oxygen atoms in total. The standard InChI is InChI=1S/C11H13N5O2/c1-16(6-7-4-2-3-5-8(7)12)9-10(17)13-11(18)15-14-9/h2-5H,6,12H2,1H3,(H2,13,15,17,18). The summed E-state index contributed by atoms with van der Waals surface area (Å²) in [6.07, 6.45) is 0. The lowest BCUT2D eigenvalue weighted by Gasteiger charge is -2.17. The summed E-state index contributed by atoms with van der Waals surface area (Å²) < 4.78 is 0. The van der Waals surface area contributed by atoms with Crippen LogP contribution in [0.25, 0.3) is 0 Å². The Kier molecular flexibility index (Phi) is 3.13. The van der Waals surface area contributed by atoms with Crippen LogP contribution < -0.4 is 21.9 Å². The number of nitrogens with one attached hydrogen (secondary N) is 2. The van der Waals surface area contributed by atoms with E-state index >= 15 is 0 Å². The van der Waals surface area contributed by atoms with Gasteiger partial charge in [-0.15, -0.1) is 5.10 Å². The van der Waals surface area contributed by atoms with Gasteiger partial charge >= 0.3 is 5.69 Å². The van der Waals surface area contributed by atoms with Crippen LogP contribution in [0.4, 0.5) is 11.5 Å². The van der Waals surface area contributed by atoms with Crippen LogP contribution in [-0.4, -0.2) is 22.2 Å². The van der Waals surface area contributed by atoms with Crippen LogP contribution in [0.3, 0.4) is 0 Å². The second kappa shape index (κ2) is 4.74. The first-order valence-electron chi connectivity index (χ1n) is 5.31. The van der Waals surface area contributed by atoms with Crippen molar-refractivity contribution in [1.82, 2.24) is 15.2 Å². The topological polar surface area (TPSA) is 108 Å². The number of para-hydroxylation sites is 1. The van der Waals surface area contributed by atoms with Crippen molar-refractivity contribution in [1.29, 1.82) is 0 Å². The van der Waals surface area contributed by atoms with Crippen LogP contribution in [0.2, 0.25) is 0 Å². The molecule has 0 amide bonds. The number of benzene rings is 1. The Morgan fingerprint density at radius 3 is 2.72 bits per heavy atom. The highest BCUT2D eigenvalue weighted by atomic mass is 16.2. The number of aromatic nitrogens is 3. The molecule has 4 N–H and O–H groups in total. The van der Waals surface area contributed by atoms with Gasteiger partial charge in [0.1, 0.15) is 0 Å². The molecule has 2 aromatic rings. The molecular formula is C11H13N5O2. The van der Waals surface area contributed by atoms with Crippen molar-refractivity contribution in [3.05, 3.63) is 50.7 Å². The molecule has 0 aliphatic heterocycles. The van der Waals surface area contributed by atoms with Gasteiger partial charge in [0.05, 0.1) is 0 Å². The zero-order chi connectivity index (χ0) is 13.1. The fourth-order valence-corrected chi connectivity index (χ4v) is 1.61. The van der Waals surface area contributed by atoms with E-state index in [-0.39, 0.29) is 5.82 Å². The van der Waals surface area contributed by atoms with Gasteiger partial charge < -0.3 is 10.6 Å². The third-order valence-corrected chi connectivity index (χ3v) is 2.52. The maximum Gasteiger partial charge on any atom is 0.342 e. The molecule has 0 saturated heterocycles. The summed E-state index contributed by atoms with van der Waals surface area (Å²) >= 11 is 0. The summed E-state index contributed by atoms with van der Waals surface area (Å²) in [5.74, 6) is 0.137. The van der Waals surface area contributed by atoms with Crippen molar-refractivity contribution in [2.24, 2.45) is 0 Å². The van der Waals surface area contributed by atoms with Gasteiger partial charge in [0.2, 0.25) is 5.82 Å². The van der Waals surface area contributed by atoms with E-state index in [1.54, 1.807) is 18.0 Å². The summed E-state index contributed by atoms with van der Waals surface area (Å²) in [5, 5.41) is 5.90. The Morgan fingerprint density at radius 2 is 2.06 bits per heavy atom. The molecule has 1 aromatic carbocycles. The van der Waals surface area contributed by atoms with Gasteiger partial charge in [0.15, 0.2) is 0 Å². The van der Waals surface area contributed by atoms with Crippen molar-refractivity contribution >= 4 is 11.5 Å². The summed E-state index contributed by atoms with van der Waals surface area (Å²) in [4.78, 5) is 26.1. The maximum absolute atomic E-state index is 11.5. The Balaban J connectivity index is 2.28. The van der Waals surface area contributed by atoms with Crippen molar-refractivity contribution in [2.75, 3.05) is 17.7 Å². The second-order valence-corrected chi connectivity index (χ2v) is 3.89. The molecule has 0 aliphatic carbocycles. The number of H-pyrrole nitrogens is 2. The minimum Gasteiger partial charge on any atom is -0.398 e. The third kappa shape index (κ3) is 2.40. The van der Waals surface area contributed by atoms with Crippen LogP contribution in [0.1, 0.15) is 5.56 Å². The van der Waals surface area contributed by atoms with E-state index < -0.39 is 11.2 Å². The normalized spacial score (nSPS) is 10.3. The Hall–Kier alpha value is -2.57. The van der Waals surface area contributed by atoms with Crippen molar-refractivity contribution in [2.45, 2.75) is 6.54 Å². The van der Waals surface area contributed by atoms with E-state index in [2.05, 4.69) is 15.2 Å². The number of nitrogens with two attached hydrogens (primary N) is 1. The predicted octanol–water partition coefficient (Wildman–Crippen LogP) is -0.323. The van der Waals surface area contributed by atoms with Gasteiger partial charge in [-0.3, -0.25) is 9.78 Å². The molecule has 0 spiro atoms. The van der Waals surface area contributed by atoms with Crippen LogP contribution in [0.5, 0.6) is 0 Å². The molecule has 18 heavy (non-hydrogen) atoms. The molecule has 0 atom stereocenters. The molecule has 1 aromatic heterocycles. The molecule has 0 fully saturated rings. The molecule has 0 aliphatic rings. The lowest BCUT2D eigenvalue weighted by Crippen LogP contribution is -2.32. The third-order valence-electron chi connectivity index (χ3n) is 2.52. The highest BCUT2D eigenvalue weighted by Gasteiger charge is 2.10. The van der Waals surface area contributed by atoms with Crippen molar-refractivity contribution in [3.8, 4) is 0 Å². The number of rotatable bonds is 3. The van der Waals surface area contributed by atoms with Gasteiger partial charge in [-0.2, -0.15) is 0 Å². The fourth-order valence-electron chi connectivity index (χ4n) is 1.61. The average molecular weight is 247 g/mol. The largest absolute Gasteiger partial charge is 0.398 e. The summed E-state index contributed by atoms with van der Waals surface area (Å²) in [5.41, 5.74) is 6.18. The van der Waals surface area contributed by atoms with Gasteiger partial charge in [0.25, 0.3) is 5.56 Å². The SMILES string of the molecule is CN(Cc1ccccc1N)c1n[nH]c(=O)[nH]c1=O. The number of nitrogens with zero attached hydrogens (tertiary/aromatic N) is 2. The van der Waals surface area contributed by atoms with Gasteiger partial charge in [-0.05, 0) is 11.6 Å². The molecule has 0 radical (unpaired) electrons. The zero-order valence-electron chi connectivity index (χ0n) is 9.80. The molecule has 0 bridgehead atoms. The van der Waals surface area contributed by atoms with E-state index in [1.807, 2.05) is 18.2 Å². The van der Waals surface area contributed by atoms with E-state index in [0.717, 1.165) is 5.56 Å².